The summed E-state index contributed by atoms with van der Waals surface area (Å²) in [6.45, 7) is 27.2. The Morgan fingerprint density at radius 1 is 0.339 bits per heavy atom. The minimum Gasteiger partial charge on any atom is -0.309 e. The first-order valence-corrected chi connectivity index (χ1v) is 21.4. The van der Waals surface area contributed by atoms with Gasteiger partial charge in [0.15, 0.2) is 0 Å². The fourth-order valence-electron chi connectivity index (χ4n) is 7.81. The van der Waals surface area contributed by atoms with E-state index in [9.17, 15) is 0 Å². The molecule has 0 aromatic heterocycles. The number of halogens is 1. The van der Waals surface area contributed by atoms with Gasteiger partial charge in [-0.1, -0.05) is 180 Å². The maximum atomic E-state index is 7.91. The molecule has 0 radical (unpaired) electrons. The van der Waals surface area contributed by atoms with Crippen LogP contribution in [0.4, 0.5) is 34.1 Å². The Kier molecular flexibility index (Phi) is 11.1. The van der Waals surface area contributed by atoms with Gasteiger partial charge in [0.25, 0.3) is 0 Å². The van der Waals surface area contributed by atoms with Crippen molar-refractivity contribution in [3.05, 3.63) is 179 Å². The third-order valence-electron chi connectivity index (χ3n) is 11.6. The van der Waals surface area contributed by atoms with Crippen molar-refractivity contribution in [2.75, 3.05) is 9.80 Å². The zero-order chi connectivity index (χ0) is 42.5. The summed E-state index contributed by atoms with van der Waals surface area (Å²) < 4.78 is 0. The van der Waals surface area contributed by atoms with Crippen molar-refractivity contribution < 1.29 is 0 Å². The maximum absolute atomic E-state index is 7.91. The number of rotatable bonds is 7. The number of benzene rings is 7. The van der Waals surface area contributed by atoms with E-state index in [4.69, 9.17) is 11.6 Å². The second-order valence-corrected chi connectivity index (χ2v) is 20.6. The minimum atomic E-state index is -0.0492. The van der Waals surface area contributed by atoms with Crippen molar-refractivity contribution in [2.45, 2.75) is 105 Å². The molecule has 0 bridgehead atoms. The second-order valence-electron chi connectivity index (χ2n) is 20.2. The Morgan fingerprint density at radius 2 is 0.746 bits per heavy atom. The molecule has 0 atom stereocenters. The van der Waals surface area contributed by atoms with Gasteiger partial charge in [-0.2, -0.15) is 0 Å². The van der Waals surface area contributed by atoms with Crippen LogP contribution in [-0.4, -0.2) is 0 Å². The molecule has 2 nitrogen and oxygen atoms in total. The van der Waals surface area contributed by atoms with Crippen LogP contribution in [0, 0.1) is 0 Å². The van der Waals surface area contributed by atoms with Gasteiger partial charge < -0.3 is 9.80 Å². The standard InChI is InChI=1S/C56H61ClN2/c1-53(2,3)41-22-29-45(30-23-41)58(46-31-24-42(25-32-46)54(4,5)6)50-18-15-19-51(52(50)57)59(47-33-26-43(27-34-47)55(7,8)9)49-35-28-44(56(10,11)12)37-48(49)40-21-20-38-16-13-14-17-39(38)36-40/h13-37H,1-12H3. The lowest BCUT2D eigenvalue weighted by Gasteiger charge is -2.33. The predicted octanol–water partition coefficient (Wildman–Crippen LogP) is 17.3. The molecule has 0 aliphatic heterocycles. The Hall–Kier alpha value is -5.31. The molecule has 0 saturated carbocycles. The zero-order valence-electron chi connectivity index (χ0n) is 37.2. The van der Waals surface area contributed by atoms with Crippen LogP contribution < -0.4 is 9.80 Å². The quantitative estimate of drug-likeness (QED) is 0.159. The zero-order valence-corrected chi connectivity index (χ0v) is 38.0. The molecule has 7 rings (SSSR count). The van der Waals surface area contributed by atoms with E-state index < -0.39 is 0 Å². The van der Waals surface area contributed by atoms with Gasteiger partial charge in [0.05, 0.1) is 22.1 Å². The van der Waals surface area contributed by atoms with E-state index in [0.29, 0.717) is 5.02 Å². The van der Waals surface area contributed by atoms with Crippen LogP contribution in [0.3, 0.4) is 0 Å². The summed E-state index contributed by atoms with van der Waals surface area (Å²) >= 11 is 7.91. The normalized spacial score (nSPS) is 12.5. The third kappa shape index (κ3) is 8.85. The van der Waals surface area contributed by atoms with E-state index in [2.05, 4.69) is 245 Å². The van der Waals surface area contributed by atoms with Gasteiger partial charge in [-0.25, -0.2) is 0 Å². The van der Waals surface area contributed by atoms with Crippen molar-refractivity contribution in [1.29, 1.82) is 0 Å². The van der Waals surface area contributed by atoms with Gasteiger partial charge in [-0.05, 0) is 127 Å². The van der Waals surface area contributed by atoms with Gasteiger partial charge in [0.2, 0.25) is 0 Å². The van der Waals surface area contributed by atoms with Gasteiger partial charge in [-0.3, -0.25) is 0 Å². The molecule has 302 valence electrons. The highest BCUT2D eigenvalue weighted by Gasteiger charge is 2.27. The number of nitrogens with zero attached hydrogens (tertiary/aromatic N) is 2. The predicted molar refractivity (Wildman–Crippen MR) is 259 cm³/mol. The van der Waals surface area contributed by atoms with E-state index in [1.165, 1.54) is 33.0 Å². The molecule has 0 aliphatic carbocycles. The number of anilines is 6. The summed E-state index contributed by atoms with van der Waals surface area (Å²) in [6.07, 6.45) is 0. The van der Waals surface area contributed by atoms with Crippen molar-refractivity contribution in [3.63, 3.8) is 0 Å². The molecule has 3 heteroatoms. The summed E-state index contributed by atoms with van der Waals surface area (Å²) in [5.41, 5.74) is 13.5. The minimum absolute atomic E-state index is 0.0110. The molecule has 0 aliphatic rings. The molecule has 0 fully saturated rings. The van der Waals surface area contributed by atoms with Crippen molar-refractivity contribution >= 4 is 56.5 Å². The van der Waals surface area contributed by atoms with Crippen LogP contribution in [-0.2, 0) is 21.7 Å². The number of hydrogen-bond acceptors (Lipinski definition) is 2. The lowest BCUT2D eigenvalue weighted by atomic mass is 9.84. The summed E-state index contributed by atoms with van der Waals surface area (Å²) in [4.78, 5) is 4.66. The monoisotopic (exact) mass is 796 g/mol. The molecule has 0 amide bonds. The van der Waals surface area contributed by atoms with Crippen molar-refractivity contribution in [3.8, 4) is 11.1 Å². The van der Waals surface area contributed by atoms with Crippen LogP contribution in [0.2, 0.25) is 5.02 Å². The molecular weight excluding hydrogens is 736 g/mol. The lowest BCUT2D eigenvalue weighted by Crippen LogP contribution is -2.17. The molecule has 7 aromatic carbocycles. The van der Waals surface area contributed by atoms with Crippen molar-refractivity contribution in [2.24, 2.45) is 0 Å². The fourth-order valence-corrected chi connectivity index (χ4v) is 8.10. The Bertz CT molecular complexity index is 2510. The Balaban J connectivity index is 1.49. The highest BCUT2D eigenvalue weighted by molar-refractivity contribution is 6.36. The molecule has 7 aromatic rings. The van der Waals surface area contributed by atoms with Gasteiger partial charge in [0.1, 0.15) is 0 Å². The van der Waals surface area contributed by atoms with E-state index in [0.717, 1.165) is 45.3 Å². The Labute approximate surface area is 359 Å². The highest BCUT2D eigenvalue weighted by Crippen LogP contribution is 2.50. The average molecular weight is 798 g/mol. The smallest absolute Gasteiger partial charge is 0.0887 e. The average Bonchev–Trinajstić information content (AvgIpc) is 3.18. The van der Waals surface area contributed by atoms with E-state index in [-0.39, 0.29) is 21.7 Å². The van der Waals surface area contributed by atoms with E-state index >= 15 is 0 Å². The summed E-state index contributed by atoms with van der Waals surface area (Å²) in [5.74, 6) is 0. The molecule has 0 saturated heterocycles. The molecule has 59 heavy (non-hydrogen) atoms. The van der Waals surface area contributed by atoms with Gasteiger partial charge in [-0.15, -0.1) is 0 Å². The van der Waals surface area contributed by atoms with Crippen LogP contribution >= 0.6 is 11.6 Å². The fraction of sp³-hybridized carbons (Fsp3) is 0.286. The number of hydrogen-bond donors (Lipinski definition) is 0. The summed E-state index contributed by atoms with van der Waals surface area (Å²) in [7, 11) is 0. The first kappa shape index (κ1) is 41.8. The Morgan fingerprint density at radius 3 is 1.20 bits per heavy atom. The topological polar surface area (TPSA) is 6.48 Å². The third-order valence-corrected chi connectivity index (χ3v) is 12.0. The first-order valence-electron chi connectivity index (χ1n) is 21.0. The van der Waals surface area contributed by atoms with Gasteiger partial charge >= 0.3 is 0 Å². The second kappa shape index (κ2) is 15.7. The van der Waals surface area contributed by atoms with Gasteiger partial charge in [0, 0.05) is 22.6 Å². The summed E-state index contributed by atoms with van der Waals surface area (Å²) in [6, 6.07) is 55.8. The lowest BCUT2D eigenvalue weighted by molar-refractivity contribution is 0.590. The first-order chi connectivity index (χ1) is 27.7. The van der Waals surface area contributed by atoms with E-state index in [1.807, 2.05) is 0 Å². The number of fused-ring (bicyclic) bond motifs is 1. The molecule has 0 unspecified atom stereocenters. The van der Waals surface area contributed by atoms with Crippen LogP contribution in [0.5, 0.6) is 0 Å². The SMILES string of the molecule is CC(C)(C)c1ccc(N(c2ccc(C(C)(C)C)cc2)c2cccc(N(c3ccc(C(C)(C)C)cc3)c3ccc(C(C)(C)C)cc3-c3ccc4ccccc4c3)c2Cl)cc1. The largest absolute Gasteiger partial charge is 0.309 e. The maximum Gasteiger partial charge on any atom is 0.0887 e. The molecule has 0 heterocycles. The molecule has 0 N–H and O–H groups in total. The molecule has 0 spiro atoms. The van der Waals surface area contributed by atoms with Crippen LogP contribution in [0.25, 0.3) is 21.9 Å². The van der Waals surface area contributed by atoms with E-state index in [1.54, 1.807) is 0 Å². The molecular formula is C56H61ClN2. The highest BCUT2D eigenvalue weighted by atomic mass is 35.5. The summed E-state index contributed by atoms with van der Waals surface area (Å²) in [5, 5.41) is 3.10. The van der Waals surface area contributed by atoms with Crippen LogP contribution in [0.1, 0.15) is 105 Å². The van der Waals surface area contributed by atoms with Crippen molar-refractivity contribution in [1.82, 2.24) is 0 Å². The van der Waals surface area contributed by atoms with Crippen LogP contribution in [0.15, 0.2) is 152 Å².